The number of esters is 1. The van der Waals surface area contributed by atoms with Crippen molar-refractivity contribution in [1.29, 1.82) is 0 Å². The Labute approximate surface area is 111 Å². The number of carbonyl (C=O) groups excluding carboxylic acids is 1. The number of rotatable bonds is 5. The van der Waals surface area contributed by atoms with Crippen molar-refractivity contribution in [2.24, 2.45) is 0 Å². The molecule has 0 saturated heterocycles. The highest BCUT2D eigenvalue weighted by atomic mass is 32.2. The molecule has 0 bridgehead atoms. The predicted molar refractivity (Wildman–Crippen MR) is 73.9 cm³/mol. The van der Waals surface area contributed by atoms with Crippen molar-refractivity contribution in [2.75, 3.05) is 6.61 Å². The van der Waals surface area contributed by atoms with Crippen LogP contribution in [0.3, 0.4) is 0 Å². The molecule has 1 rings (SSSR count). The van der Waals surface area contributed by atoms with Crippen molar-refractivity contribution < 1.29 is 13.7 Å². The van der Waals surface area contributed by atoms with E-state index in [1.54, 1.807) is 13.8 Å². The van der Waals surface area contributed by atoms with Crippen LogP contribution in [0.4, 0.5) is 0 Å². The highest BCUT2D eigenvalue weighted by molar-refractivity contribution is 7.85. The van der Waals surface area contributed by atoms with Crippen LogP contribution in [0.1, 0.15) is 30.5 Å². The van der Waals surface area contributed by atoms with Gasteiger partial charge in [0.05, 0.1) is 6.61 Å². The molecule has 0 saturated carbocycles. The highest BCUT2D eigenvalue weighted by Gasteiger charge is 2.21. The van der Waals surface area contributed by atoms with Crippen LogP contribution in [0, 0.1) is 13.8 Å². The fraction of sp³-hybridized carbons (Fsp3) is 0.500. The van der Waals surface area contributed by atoms with E-state index in [9.17, 15) is 9.00 Å². The number of hydrogen-bond acceptors (Lipinski definition) is 3. The molecule has 1 aromatic rings. The summed E-state index contributed by atoms with van der Waals surface area (Å²) in [5, 5.41) is -0.578. The number of aryl methyl sites for hydroxylation is 2. The van der Waals surface area contributed by atoms with Crippen molar-refractivity contribution >= 4 is 16.8 Å². The first-order chi connectivity index (χ1) is 8.43. The van der Waals surface area contributed by atoms with Gasteiger partial charge in [0.25, 0.3) is 0 Å². The van der Waals surface area contributed by atoms with Crippen LogP contribution >= 0.6 is 0 Å². The average molecular weight is 268 g/mol. The first-order valence-electron chi connectivity index (χ1n) is 6.05. The quantitative estimate of drug-likeness (QED) is 0.771. The first-order valence-corrected chi connectivity index (χ1v) is 7.43. The van der Waals surface area contributed by atoms with Gasteiger partial charge >= 0.3 is 5.97 Å². The smallest absolute Gasteiger partial charge is 0.321 e. The van der Waals surface area contributed by atoms with Gasteiger partial charge in [-0.25, -0.2) is 0 Å². The van der Waals surface area contributed by atoms with Crippen LogP contribution in [0.5, 0.6) is 0 Å². The van der Waals surface area contributed by atoms with Crippen LogP contribution in [-0.2, 0) is 26.1 Å². The van der Waals surface area contributed by atoms with Crippen LogP contribution < -0.4 is 0 Å². The number of hydrogen-bond donors (Lipinski definition) is 0. The Bertz CT molecular complexity index is 434. The Morgan fingerprint density at radius 2 is 1.83 bits per heavy atom. The van der Waals surface area contributed by atoms with E-state index in [0.29, 0.717) is 12.4 Å². The summed E-state index contributed by atoms with van der Waals surface area (Å²) in [5.41, 5.74) is 3.29. The van der Waals surface area contributed by atoms with Gasteiger partial charge in [0.15, 0.2) is 0 Å². The first kappa shape index (κ1) is 14.9. The fourth-order valence-electron chi connectivity index (χ4n) is 1.81. The molecule has 18 heavy (non-hydrogen) atoms. The molecular formula is C14H20O3S. The highest BCUT2D eigenvalue weighted by Crippen LogP contribution is 2.13. The van der Waals surface area contributed by atoms with E-state index in [0.717, 1.165) is 16.7 Å². The Kier molecular flexibility index (Phi) is 5.54. The second kappa shape index (κ2) is 6.69. The van der Waals surface area contributed by atoms with Gasteiger partial charge in [-0.05, 0) is 33.3 Å². The molecule has 0 aliphatic rings. The summed E-state index contributed by atoms with van der Waals surface area (Å²) in [4.78, 5) is 11.5. The summed E-state index contributed by atoms with van der Waals surface area (Å²) in [6.07, 6.45) is 0. The van der Waals surface area contributed by atoms with E-state index in [1.165, 1.54) is 0 Å². The second-order valence-corrected chi connectivity index (χ2v) is 6.17. The van der Waals surface area contributed by atoms with Crippen molar-refractivity contribution in [2.45, 2.75) is 38.7 Å². The third kappa shape index (κ3) is 4.26. The van der Waals surface area contributed by atoms with Crippen molar-refractivity contribution in [3.8, 4) is 0 Å². The Hall–Kier alpha value is -1.16. The van der Waals surface area contributed by atoms with E-state index < -0.39 is 16.0 Å². The third-order valence-electron chi connectivity index (χ3n) is 2.60. The van der Waals surface area contributed by atoms with Crippen LogP contribution in [0.25, 0.3) is 0 Å². The summed E-state index contributed by atoms with van der Waals surface area (Å²) in [7, 11) is -1.24. The lowest BCUT2D eigenvalue weighted by Gasteiger charge is -2.11. The van der Waals surface area contributed by atoms with E-state index in [-0.39, 0.29) is 5.97 Å². The van der Waals surface area contributed by atoms with E-state index >= 15 is 0 Å². The van der Waals surface area contributed by atoms with Crippen LogP contribution in [-0.4, -0.2) is 22.0 Å². The van der Waals surface area contributed by atoms with Gasteiger partial charge in [-0.3, -0.25) is 9.00 Å². The van der Waals surface area contributed by atoms with E-state index in [4.69, 9.17) is 4.74 Å². The van der Waals surface area contributed by atoms with Crippen molar-refractivity contribution in [1.82, 2.24) is 0 Å². The van der Waals surface area contributed by atoms with Gasteiger partial charge in [-0.1, -0.05) is 29.3 Å². The van der Waals surface area contributed by atoms with E-state index in [1.807, 2.05) is 26.0 Å². The van der Waals surface area contributed by atoms with Crippen LogP contribution in [0.2, 0.25) is 0 Å². The molecule has 0 heterocycles. The van der Waals surface area contributed by atoms with Gasteiger partial charge in [-0.2, -0.15) is 0 Å². The molecule has 0 fully saturated rings. The maximum absolute atomic E-state index is 12.1. The zero-order chi connectivity index (χ0) is 13.7. The van der Waals surface area contributed by atoms with Gasteiger partial charge in [-0.15, -0.1) is 0 Å². The normalized spacial score (nSPS) is 14.0. The molecule has 0 N–H and O–H groups in total. The summed E-state index contributed by atoms with van der Waals surface area (Å²) in [6, 6.07) is 6.08. The van der Waals surface area contributed by atoms with Gasteiger partial charge in [0, 0.05) is 16.6 Å². The molecule has 0 aliphatic carbocycles. The maximum atomic E-state index is 12.1. The number of ether oxygens (including phenoxy) is 1. The number of carbonyl (C=O) groups is 1. The SMILES string of the molecule is CCOC(=O)C(C)S(=O)Cc1cc(C)cc(C)c1. The summed E-state index contributed by atoms with van der Waals surface area (Å²) >= 11 is 0. The zero-order valence-corrected chi connectivity index (χ0v) is 12.2. The summed E-state index contributed by atoms with van der Waals surface area (Å²) < 4.78 is 16.9. The topological polar surface area (TPSA) is 43.4 Å². The molecule has 0 aliphatic heterocycles. The molecular weight excluding hydrogens is 248 g/mol. The minimum atomic E-state index is -1.24. The average Bonchev–Trinajstić information content (AvgIpc) is 2.26. The van der Waals surface area contributed by atoms with Crippen molar-refractivity contribution in [3.63, 3.8) is 0 Å². The van der Waals surface area contributed by atoms with E-state index in [2.05, 4.69) is 6.07 Å². The van der Waals surface area contributed by atoms with Gasteiger partial charge in [0.1, 0.15) is 5.25 Å². The molecule has 100 valence electrons. The standard InChI is InChI=1S/C14H20O3S/c1-5-17-14(15)12(4)18(16)9-13-7-10(2)6-11(3)8-13/h6-8,12H,5,9H2,1-4H3. The van der Waals surface area contributed by atoms with Crippen molar-refractivity contribution in [3.05, 3.63) is 34.9 Å². The molecule has 0 amide bonds. The largest absolute Gasteiger partial charge is 0.465 e. The zero-order valence-electron chi connectivity index (χ0n) is 11.4. The Balaban J connectivity index is 2.72. The predicted octanol–water partition coefficient (Wildman–Crippen LogP) is 2.50. The molecule has 3 nitrogen and oxygen atoms in total. The molecule has 4 heteroatoms. The molecule has 0 aromatic heterocycles. The van der Waals surface area contributed by atoms with Crippen LogP contribution in [0.15, 0.2) is 18.2 Å². The molecule has 0 spiro atoms. The van der Waals surface area contributed by atoms with Gasteiger partial charge in [0.2, 0.25) is 0 Å². The lowest BCUT2D eigenvalue weighted by Crippen LogP contribution is -2.25. The minimum absolute atomic E-state index is 0.323. The Morgan fingerprint density at radius 1 is 1.28 bits per heavy atom. The number of benzene rings is 1. The maximum Gasteiger partial charge on any atom is 0.321 e. The molecule has 1 aromatic carbocycles. The lowest BCUT2D eigenvalue weighted by molar-refractivity contribution is -0.142. The summed E-state index contributed by atoms with van der Waals surface area (Å²) in [5.74, 6) is 0.00267. The second-order valence-electron chi connectivity index (χ2n) is 4.42. The van der Waals surface area contributed by atoms with Gasteiger partial charge < -0.3 is 4.74 Å². The molecule has 0 radical (unpaired) electrons. The molecule has 2 unspecified atom stereocenters. The Morgan fingerprint density at radius 3 is 2.33 bits per heavy atom. The molecule has 2 atom stereocenters. The minimum Gasteiger partial charge on any atom is -0.465 e. The third-order valence-corrected chi connectivity index (χ3v) is 4.20. The summed E-state index contributed by atoms with van der Waals surface area (Å²) in [6.45, 7) is 7.74. The lowest BCUT2D eigenvalue weighted by atomic mass is 10.1. The monoisotopic (exact) mass is 268 g/mol. The fourth-order valence-corrected chi connectivity index (χ4v) is 2.84.